The molecule has 2 aromatic rings. The maximum atomic E-state index is 11.7. The fourth-order valence-electron chi connectivity index (χ4n) is 4.49. The van der Waals surface area contributed by atoms with Crippen molar-refractivity contribution in [2.45, 2.75) is 75.5 Å². The van der Waals surface area contributed by atoms with Crippen LogP contribution in [0, 0.1) is 0 Å². The summed E-state index contributed by atoms with van der Waals surface area (Å²) in [6, 6.07) is -0.797. The molecule has 0 bridgehead atoms. The molecular formula is C19H28N6O4. The van der Waals surface area contributed by atoms with Gasteiger partial charge in [0.25, 0.3) is 0 Å². The Morgan fingerprint density at radius 2 is 2.07 bits per heavy atom. The van der Waals surface area contributed by atoms with Gasteiger partial charge in [0, 0.05) is 13.5 Å². The number of amides is 1. The Balaban J connectivity index is 1.58. The van der Waals surface area contributed by atoms with Crippen LogP contribution in [0.2, 0.25) is 0 Å². The molecule has 2 aliphatic carbocycles. The standard InChI is InChI=1S/C19H28N6O4/c1-3-14(26)23-11-7-12(17(28)16(11)27)25-9-22-15-18(20-8-21-19(15)25)24-10-5-4-6-13(10)29-2/h8-13,16-17,27-28H,3-7H2,1-2H3,(H,23,26)(H,20,21,24)/t10-,11?,12+,13-,16+,17-/m0/s1. The monoisotopic (exact) mass is 404 g/mol. The number of anilines is 1. The fraction of sp³-hybridized carbons (Fsp3) is 0.684. The Labute approximate surface area is 168 Å². The first kappa shape index (κ1) is 20.0. The van der Waals surface area contributed by atoms with Crippen molar-refractivity contribution >= 4 is 22.9 Å². The number of nitrogens with zero attached hydrogens (tertiary/aromatic N) is 4. The predicted molar refractivity (Wildman–Crippen MR) is 105 cm³/mol. The van der Waals surface area contributed by atoms with Crippen LogP contribution in [0.4, 0.5) is 5.82 Å². The van der Waals surface area contributed by atoms with Crippen molar-refractivity contribution < 1.29 is 19.7 Å². The van der Waals surface area contributed by atoms with E-state index in [1.807, 2.05) is 0 Å². The molecule has 1 unspecified atom stereocenters. The molecule has 2 aromatic heterocycles. The quantitative estimate of drug-likeness (QED) is 0.542. The molecule has 1 amide bonds. The minimum Gasteiger partial charge on any atom is -0.388 e. The van der Waals surface area contributed by atoms with Gasteiger partial charge >= 0.3 is 0 Å². The smallest absolute Gasteiger partial charge is 0.220 e. The van der Waals surface area contributed by atoms with Crippen molar-refractivity contribution in [2.24, 2.45) is 0 Å². The average molecular weight is 404 g/mol. The molecule has 29 heavy (non-hydrogen) atoms. The van der Waals surface area contributed by atoms with Gasteiger partial charge in [-0.05, 0) is 25.7 Å². The number of rotatable bonds is 6. The summed E-state index contributed by atoms with van der Waals surface area (Å²) in [5.74, 6) is 0.474. The third-order valence-electron chi connectivity index (χ3n) is 6.11. The van der Waals surface area contributed by atoms with E-state index in [1.54, 1.807) is 24.9 Å². The average Bonchev–Trinajstić information content (AvgIpc) is 3.42. The summed E-state index contributed by atoms with van der Waals surface area (Å²) < 4.78 is 7.31. The van der Waals surface area contributed by atoms with Crippen molar-refractivity contribution in [3.63, 3.8) is 0 Å². The molecule has 0 aliphatic heterocycles. The zero-order valence-corrected chi connectivity index (χ0v) is 16.7. The highest BCUT2D eigenvalue weighted by molar-refractivity contribution is 5.83. The molecule has 2 aliphatic rings. The number of aliphatic hydroxyl groups is 2. The molecule has 0 spiro atoms. The summed E-state index contributed by atoms with van der Waals surface area (Å²) in [5.41, 5.74) is 1.19. The van der Waals surface area contributed by atoms with E-state index in [4.69, 9.17) is 4.74 Å². The molecule has 4 N–H and O–H groups in total. The van der Waals surface area contributed by atoms with Crippen LogP contribution in [0.3, 0.4) is 0 Å². The Kier molecular flexibility index (Phi) is 5.66. The second-order valence-corrected chi connectivity index (χ2v) is 7.81. The lowest BCUT2D eigenvalue weighted by atomic mass is 10.2. The number of methoxy groups -OCH3 is 1. The Bertz CT molecular complexity index is 874. The van der Waals surface area contributed by atoms with Gasteiger partial charge < -0.3 is 30.2 Å². The van der Waals surface area contributed by atoms with Crippen molar-refractivity contribution in [1.29, 1.82) is 0 Å². The van der Waals surface area contributed by atoms with Crippen molar-refractivity contribution in [3.8, 4) is 0 Å². The van der Waals surface area contributed by atoms with Crippen LogP contribution in [-0.2, 0) is 9.53 Å². The molecule has 2 fully saturated rings. The highest BCUT2D eigenvalue weighted by Gasteiger charge is 2.43. The maximum absolute atomic E-state index is 11.7. The van der Waals surface area contributed by atoms with Crippen LogP contribution in [0.25, 0.3) is 11.2 Å². The Hall–Kier alpha value is -2.30. The van der Waals surface area contributed by atoms with Gasteiger partial charge in [0.2, 0.25) is 5.91 Å². The van der Waals surface area contributed by atoms with Gasteiger partial charge in [-0.2, -0.15) is 0 Å². The molecule has 0 aromatic carbocycles. The molecule has 10 heteroatoms. The number of fused-ring (bicyclic) bond motifs is 1. The van der Waals surface area contributed by atoms with Crippen LogP contribution < -0.4 is 10.6 Å². The number of carbonyl (C=O) groups excluding carboxylic acids is 1. The molecule has 158 valence electrons. The van der Waals surface area contributed by atoms with Gasteiger partial charge in [-0.15, -0.1) is 0 Å². The van der Waals surface area contributed by atoms with E-state index in [0.717, 1.165) is 19.3 Å². The van der Waals surface area contributed by atoms with E-state index in [0.29, 0.717) is 29.8 Å². The van der Waals surface area contributed by atoms with E-state index >= 15 is 0 Å². The van der Waals surface area contributed by atoms with E-state index in [9.17, 15) is 15.0 Å². The zero-order chi connectivity index (χ0) is 20.5. The maximum Gasteiger partial charge on any atom is 0.220 e. The van der Waals surface area contributed by atoms with Gasteiger partial charge in [0.05, 0.1) is 30.6 Å². The number of nitrogens with one attached hydrogen (secondary N) is 2. The van der Waals surface area contributed by atoms with Crippen LogP contribution >= 0.6 is 0 Å². The molecule has 0 radical (unpaired) electrons. The third-order valence-corrected chi connectivity index (χ3v) is 6.11. The first-order valence-electron chi connectivity index (χ1n) is 10.2. The Morgan fingerprint density at radius 1 is 1.24 bits per heavy atom. The van der Waals surface area contributed by atoms with Crippen LogP contribution in [0.15, 0.2) is 12.7 Å². The SMILES string of the molecule is CCC(=O)NC1C[C@@H](n2cnc3c(N[C@H]4CCC[C@@H]4OC)ncnc32)[C@H](O)[C@@H]1O. The molecule has 10 nitrogen and oxygen atoms in total. The number of ether oxygens (including phenoxy) is 1. The fourth-order valence-corrected chi connectivity index (χ4v) is 4.49. The van der Waals surface area contributed by atoms with Crippen molar-refractivity contribution in [3.05, 3.63) is 12.7 Å². The molecule has 0 saturated heterocycles. The normalized spacial score (nSPS) is 32.0. The lowest BCUT2D eigenvalue weighted by Gasteiger charge is -2.20. The van der Waals surface area contributed by atoms with Crippen LogP contribution in [0.1, 0.15) is 45.1 Å². The minimum atomic E-state index is -1.05. The van der Waals surface area contributed by atoms with Gasteiger partial charge in [-0.3, -0.25) is 4.79 Å². The largest absolute Gasteiger partial charge is 0.388 e. The molecule has 2 heterocycles. The van der Waals surface area contributed by atoms with Crippen molar-refractivity contribution in [1.82, 2.24) is 24.8 Å². The van der Waals surface area contributed by atoms with Crippen LogP contribution in [0.5, 0.6) is 0 Å². The molecule has 4 rings (SSSR count). The molecular weight excluding hydrogens is 376 g/mol. The van der Waals surface area contributed by atoms with Gasteiger partial charge in [0.15, 0.2) is 11.5 Å². The predicted octanol–water partition coefficient (Wildman–Crippen LogP) is 0.367. The third kappa shape index (κ3) is 3.67. The highest BCUT2D eigenvalue weighted by atomic mass is 16.5. The summed E-state index contributed by atoms with van der Waals surface area (Å²) in [6.45, 7) is 1.75. The van der Waals surface area contributed by atoms with Crippen LogP contribution in [-0.4, -0.2) is 73.1 Å². The number of imidazole rings is 1. The lowest BCUT2D eigenvalue weighted by molar-refractivity contribution is -0.122. The highest BCUT2D eigenvalue weighted by Crippen LogP contribution is 2.34. The minimum absolute atomic E-state index is 0.136. The van der Waals surface area contributed by atoms with E-state index < -0.39 is 24.3 Å². The summed E-state index contributed by atoms with van der Waals surface area (Å²) in [5, 5.41) is 27.2. The second kappa shape index (κ2) is 8.21. The summed E-state index contributed by atoms with van der Waals surface area (Å²) >= 11 is 0. The van der Waals surface area contributed by atoms with Gasteiger partial charge in [-0.25, -0.2) is 15.0 Å². The molecule has 6 atom stereocenters. The first-order valence-corrected chi connectivity index (χ1v) is 10.2. The van der Waals surface area contributed by atoms with E-state index in [1.165, 1.54) is 6.33 Å². The number of carbonyl (C=O) groups is 1. The van der Waals surface area contributed by atoms with E-state index in [-0.39, 0.29) is 18.1 Å². The topological polar surface area (TPSA) is 134 Å². The van der Waals surface area contributed by atoms with E-state index in [2.05, 4.69) is 25.6 Å². The second-order valence-electron chi connectivity index (χ2n) is 7.81. The van der Waals surface area contributed by atoms with Gasteiger partial charge in [0.1, 0.15) is 24.1 Å². The Morgan fingerprint density at radius 3 is 2.83 bits per heavy atom. The van der Waals surface area contributed by atoms with Gasteiger partial charge in [-0.1, -0.05) is 6.92 Å². The summed E-state index contributed by atoms with van der Waals surface area (Å²) in [6.07, 6.45) is 4.94. The zero-order valence-electron chi connectivity index (χ0n) is 16.7. The number of hydrogen-bond acceptors (Lipinski definition) is 8. The molecule has 2 saturated carbocycles. The number of aliphatic hydroxyl groups excluding tert-OH is 2. The summed E-state index contributed by atoms with van der Waals surface area (Å²) in [7, 11) is 1.72. The number of aromatic nitrogens is 4. The lowest BCUT2D eigenvalue weighted by Crippen LogP contribution is -2.42. The summed E-state index contributed by atoms with van der Waals surface area (Å²) in [4.78, 5) is 24.9. The first-order chi connectivity index (χ1) is 14.0. The number of hydrogen-bond donors (Lipinski definition) is 4. The van der Waals surface area contributed by atoms with Crippen molar-refractivity contribution in [2.75, 3.05) is 12.4 Å².